The van der Waals surface area contributed by atoms with Crippen molar-refractivity contribution in [3.05, 3.63) is 58.1 Å². The number of nitrogens with one attached hydrogen (secondary N) is 1. The number of halogens is 1. The van der Waals surface area contributed by atoms with Gasteiger partial charge < -0.3 is 5.32 Å². The van der Waals surface area contributed by atoms with Gasteiger partial charge in [0.2, 0.25) is 0 Å². The minimum atomic E-state index is 0.918. The summed E-state index contributed by atoms with van der Waals surface area (Å²) < 4.78 is 1.14. The Morgan fingerprint density at radius 3 is 2.65 bits per heavy atom. The van der Waals surface area contributed by atoms with Crippen molar-refractivity contribution in [2.75, 3.05) is 6.54 Å². The fourth-order valence-corrected chi connectivity index (χ4v) is 3.39. The highest BCUT2D eigenvalue weighted by Gasteiger charge is 2.06. The lowest BCUT2D eigenvalue weighted by Crippen LogP contribution is -2.14. The van der Waals surface area contributed by atoms with Gasteiger partial charge in [0.25, 0.3) is 0 Å². The maximum Gasteiger partial charge on any atom is 0.0217 e. The highest BCUT2D eigenvalue weighted by atomic mass is 79.9. The summed E-state index contributed by atoms with van der Waals surface area (Å²) in [6.07, 6.45) is 1.16. The van der Waals surface area contributed by atoms with Crippen molar-refractivity contribution >= 4 is 27.7 Å². The van der Waals surface area contributed by atoms with Crippen LogP contribution in [0.25, 0.3) is 0 Å². The molecule has 0 saturated carbocycles. The van der Waals surface area contributed by atoms with Gasteiger partial charge in [-0.2, -0.15) is 0 Å². The van der Waals surface area contributed by atoms with Crippen LogP contribution in [0.4, 0.5) is 0 Å². The molecule has 0 aliphatic carbocycles. The largest absolute Gasteiger partial charge is 0.313 e. The topological polar surface area (TPSA) is 12.0 Å². The Balaban J connectivity index is 2.20. The van der Waals surface area contributed by atoms with Crippen LogP contribution < -0.4 is 5.32 Å². The molecule has 20 heavy (non-hydrogen) atoms. The maximum absolute atomic E-state index is 3.57. The van der Waals surface area contributed by atoms with Crippen molar-refractivity contribution in [2.45, 2.75) is 36.6 Å². The lowest BCUT2D eigenvalue weighted by atomic mass is 10.2. The number of benzene rings is 2. The number of aryl methyl sites for hydroxylation is 1. The summed E-state index contributed by atoms with van der Waals surface area (Å²) in [5.74, 6) is 0. The predicted octanol–water partition coefficient (Wildman–Crippen LogP) is 5.41. The first-order valence-corrected chi connectivity index (χ1v) is 8.54. The zero-order valence-corrected chi connectivity index (χ0v) is 14.4. The Kier molecular flexibility index (Phi) is 6.14. The standard InChI is InChI=1S/C17H20BrNS/c1-3-10-19-12-14-11-15(18)8-9-17(14)20-16-7-5-4-6-13(16)2/h4-9,11,19H,3,10,12H2,1-2H3. The van der Waals surface area contributed by atoms with E-state index in [0.29, 0.717) is 0 Å². The van der Waals surface area contributed by atoms with Gasteiger partial charge in [0.15, 0.2) is 0 Å². The molecule has 1 N–H and O–H groups in total. The second kappa shape index (κ2) is 7.87. The van der Waals surface area contributed by atoms with Crippen molar-refractivity contribution in [3.63, 3.8) is 0 Å². The average Bonchev–Trinajstić information content (AvgIpc) is 2.44. The summed E-state index contributed by atoms with van der Waals surface area (Å²) in [5, 5.41) is 3.49. The second-order valence-electron chi connectivity index (χ2n) is 4.80. The van der Waals surface area contributed by atoms with E-state index in [-0.39, 0.29) is 0 Å². The van der Waals surface area contributed by atoms with Crippen LogP contribution in [0.3, 0.4) is 0 Å². The summed E-state index contributed by atoms with van der Waals surface area (Å²) in [4.78, 5) is 2.65. The van der Waals surface area contributed by atoms with Gasteiger partial charge in [-0.25, -0.2) is 0 Å². The molecule has 0 atom stereocenters. The zero-order valence-electron chi connectivity index (χ0n) is 11.9. The van der Waals surface area contributed by atoms with E-state index in [1.54, 1.807) is 0 Å². The molecule has 0 aliphatic heterocycles. The molecule has 0 heterocycles. The Morgan fingerprint density at radius 2 is 1.90 bits per heavy atom. The van der Waals surface area contributed by atoms with Crippen molar-refractivity contribution < 1.29 is 0 Å². The van der Waals surface area contributed by atoms with Gasteiger partial charge in [-0.15, -0.1) is 0 Å². The summed E-state index contributed by atoms with van der Waals surface area (Å²) in [7, 11) is 0. The SMILES string of the molecule is CCCNCc1cc(Br)ccc1Sc1ccccc1C. The normalized spacial score (nSPS) is 10.8. The molecule has 1 nitrogen and oxygen atoms in total. The molecular formula is C17H20BrNS. The van der Waals surface area contributed by atoms with Crippen molar-refractivity contribution in [1.29, 1.82) is 0 Å². The second-order valence-corrected chi connectivity index (χ2v) is 6.80. The maximum atomic E-state index is 3.57. The summed E-state index contributed by atoms with van der Waals surface area (Å²) in [6.45, 7) is 6.33. The summed E-state index contributed by atoms with van der Waals surface area (Å²) >= 11 is 5.41. The molecule has 106 valence electrons. The molecule has 0 aliphatic rings. The molecule has 0 spiro atoms. The molecule has 0 radical (unpaired) electrons. The Bertz CT molecular complexity index is 569. The van der Waals surface area contributed by atoms with Crippen LogP contribution in [0.5, 0.6) is 0 Å². The third kappa shape index (κ3) is 4.37. The van der Waals surface area contributed by atoms with Crippen molar-refractivity contribution in [2.24, 2.45) is 0 Å². The molecule has 2 aromatic carbocycles. The van der Waals surface area contributed by atoms with Crippen LogP contribution in [0.1, 0.15) is 24.5 Å². The Labute approximate surface area is 134 Å². The van der Waals surface area contributed by atoms with Gasteiger partial charge >= 0.3 is 0 Å². The van der Waals surface area contributed by atoms with E-state index in [1.165, 1.54) is 20.9 Å². The quantitative estimate of drug-likeness (QED) is 0.699. The lowest BCUT2D eigenvalue weighted by molar-refractivity contribution is 0.669. The van der Waals surface area contributed by atoms with E-state index in [4.69, 9.17) is 0 Å². The van der Waals surface area contributed by atoms with Crippen LogP contribution in [0.2, 0.25) is 0 Å². The average molecular weight is 350 g/mol. The smallest absolute Gasteiger partial charge is 0.0217 e. The molecule has 2 rings (SSSR count). The monoisotopic (exact) mass is 349 g/mol. The number of hydrogen-bond acceptors (Lipinski definition) is 2. The molecule has 0 amide bonds. The van der Waals surface area contributed by atoms with Gasteiger partial charge in [-0.1, -0.05) is 52.8 Å². The van der Waals surface area contributed by atoms with Crippen LogP contribution in [0.15, 0.2) is 56.7 Å². The third-order valence-corrected chi connectivity index (χ3v) is 4.87. The molecule has 0 aromatic heterocycles. The minimum absolute atomic E-state index is 0.918. The fraction of sp³-hybridized carbons (Fsp3) is 0.294. The first-order valence-electron chi connectivity index (χ1n) is 6.93. The van der Waals surface area contributed by atoms with Crippen molar-refractivity contribution in [1.82, 2.24) is 5.32 Å². The highest BCUT2D eigenvalue weighted by molar-refractivity contribution is 9.10. The Morgan fingerprint density at radius 1 is 1.10 bits per heavy atom. The van der Waals surface area contributed by atoms with Crippen LogP contribution >= 0.6 is 27.7 Å². The molecule has 0 bridgehead atoms. The van der Waals surface area contributed by atoms with Gasteiger partial charge in [-0.3, -0.25) is 0 Å². The number of rotatable bonds is 6. The van der Waals surface area contributed by atoms with Gasteiger partial charge in [0.05, 0.1) is 0 Å². The van der Waals surface area contributed by atoms with E-state index in [1.807, 2.05) is 11.8 Å². The molecular weight excluding hydrogens is 330 g/mol. The van der Waals surface area contributed by atoms with Crippen LogP contribution in [-0.4, -0.2) is 6.54 Å². The minimum Gasteiger partial charge on any atom is -0.313 e. The van der Waals surface area contributed by atoms with Crippen molar-refractivity contribution in [3.8, 4) is 0 Å². The summed E-state index contributed by atoms with van der Waals surface area (Å²) in [6, 6.07) is 15.1. The first-order chi connectivity index (χ1) is 9.70. The van der Waals surface area contributed by atoms with E-state index >= 15 is 0 Å². The van der Waals surface area contributed by atoms with Gasteiger partial charge in [-0.05, 0) is 55.3 Å². The zero-order chi connectivity index (χ0) is 14.4. The van der Waals surface area contributed by atoms with Crippen LogP contribution in [-0.2, 0) is 6.54 Å². The van der Waals surface area contributed by atoms with Crippen LogP contribution in [0, 0.1) is 6.92 Å². The molecule has 0 unspecified atom stereocenters. The van der Waals surface area contributed by atoms with E-state index in [2.05, 4.69) is 77.6 Å². The highest BCUT2D eigenvalue weighted by Crippen LogP contribution is 2.33. The van der Waals surface area contributed by atoms with E-state index in [0.717, 1.165) is 24.0 Å². The first kappa shape index (κ1) is 15.6. The molecule has 2 aromatic rings. The summed E-state index contributed by atoms with van der Waals surface area (Å²) in [5.41, 5.74) is 2.67. The van der Waals surface area contributed by atoms with Gasteiger partial charge in [0.1, 0.15) is 0 Å². The van der Waals surface area contributed by atoms with E-state index in [9.17, 15) is 0 Å². The number of hydrogen-bond donors (Lipinski definition) is 1. The predicted molar refractivity (Wildman–Crippen MR) is 91.4 cm³/mol. The molecule has 0 fully saturated rings. The van der Waals surface area contributed by atoms with E-state index < -0.39 is 0 Å². The lowest BCUT2D eigenvalue weighted by Gasteiger charge is -2.12. The fourth-order valence-electron chi connectivity index (χ4n) is 1.97. The molecule has 3 heteroatoms. The third-order valence-electron chi connectivity index (χ3n) is 3.08. The van der Waals surface area contributed by atoms with Gasteiger partial charge in [0, 0.05) is 20.8 Å². The Hall–Kier alpha value is -0.770. The molecule has 0 saturated heterocycles.